The molecule has 362 valence electrons. The molecule has 0 saturated carbocycles. The molecule has 0 aromatic carbocycles. The molecule has 1 fully saturated rings. The average molecular weight is 892 g/mol. The summed E-state index contributed by atoms with van der Waals surface area (Å²) in [6.45, 7) is 5.85. The predicted molar refractivity (Wildman–Crippen MR) is 245 cm³/mol. The first-order valence-corrected chi connectivity index (χ1v) is 26.8. The second-order valence-corrected chi connectivity index (χ2v) is 19.4. The SMILES string of the molecule is CCCCCCCCCCCCCCCC[C@H](CCCCCCCCC)CC(=O)O[C@@H]1[C@H](NC(=O)C[C@H](O)CCCCCCCCCCC)[C@@H](O)O[C@H](CO)[C@H]1OP(=O)(O)O. The third-order valence-electron chi connectivity index (χ3n) is 12.4. The van der Waals surface area contributed by atoms with Crippen molar-refractivity contribution in [2.75, 3.05) is 6.61 Å². The molecular weight excluding hydrogens is 797 g/mol. The molecule has 0 aromatic rings. The maximum Gasteiger partial charge on any atom is 0.470 e. The monoisotopic (exact) mass is 892 g/mol. The van der Waals surface area contributed by atoms with E-state index in [1.165, 1.54) is 128 Å². The van der Waals surface area contributed by atoms with E-state index in [9.17, 15) is 39.3 Å². The highest BCUT2D eigenvalue weighted by Crippen LogP contribution is 2.42. The van der Waals surface area contributed by atoms with Crippen molar-refractivity contribution in [3.8, 4) is 0 Å². The number of unbranched alkanes of at least 4 members (excludes halogenated alkanes) is 27. The summed E-state index contributed by atoms with van der Waals surface area (Å²) in [7, 11) is -5.21. The summed E-state index contributed by atoms with van der Waals surface area (Å²) >= 11 is 0. The minimum atomic E-state index is -5.21. The Balaban J connectivity index is 2.84. The Labute approximate surface area is 372 Å². The minimum Gasteiger partial charge on any atom is -0.457 e. The summed E-state index contributed by atoms with van der Waals surface area (Å²) in [6, 6.07) is -1.47. The zero-order valence-corrected chi connectivity index (χ0v) is 40.0. The van der Waals surface area contributed by atoms with Crippen LogP contribution in [0.1, 0.15) is 245 Å². The van der Waals surface area contributed by atoms with Crippen molar-refractivity contribution >= 4 is 19.7 Å². The smallest absolute Gasteiger partial charge is 0.457 e. The van der Waals surface area contributed by atoms with Gasteiger partial charge in [0.05, 0.1) is 19.1 Å². The molecule has 1 aliphatic rings. The maximum atomic E-state index is 13.7. The number of aliphatic hydroxyl groups excluding tert-OH is 3. The molecule has 13 heteroatoms. The summed E-state index contributed by atoms with van der Waals surface area (Å²) in [5.74, 6) is -1.26. The summed E-state index contributed by atoms with van der Waals surface area (Å²) in [5.41, 5.74) is 0. The molecule has 0 bridgehead atoms. The van der Waals surface area contributed by atoms with Crippen molar-refractivity contribution in [3.05, 3.63) is 0 Å². The number of amides is 1. The van der Waals surface area contributed by atoms with Crippen LogP contribution in [0.4, 0.5) is 0 Å². The van der Waals surface area contributed by atoms with Crippen LogP contribution in [0.5, 0.6) is 0 Å². The van der Waals surface area contributed by atoms with E-state index in [0.717, 1.165) is 77.0 Å². The Bertz CT molecular complexity index is 1090. The van der Waals surface area contributed by atoms with Gasteiger partial charge in [0, 0.05) is 6.42 Å². The lowest BCUT2D eigenvalue weighted by atomic mass is 9.91. The zero-order valence-electron chi connectivity index (χ0n) is 39.1. The highest BCUT2D eigenvalue weighted by molar-refractivity contribution is 7.46. The summed E-state index contributed by atoms with van der Waals surface area (Å²) in [4.78, 5) is 46.5. The molecule has 1 saturated heterocycles. The number of carbonyl (C=O) groups is 2. The zero-order chi connectivity index (χ0) is 45.0. The first-order valence-electron chi connectivity index (χ1n) is 25.3. The topological polar surface area (TPSA) is 192 Å². The van der Waals surface area contributed by atoms with Crippen LogP contribution in [-0.2, 0) is 28.2 Å². The van der Waals surface area contributed by atoms with E-state index >= 15 is 0 Å². The number of rotatable bonds is 42. The lowest BCUT2D eigenvalue weighted by Crippen LogP contribution is -2.65. The normalized spacial score (nSPS) is 20.4. The van der Waals surface area contributed by atoms with E-state index in [2.05, 4.69) is 26.1 Å². The lowest BCUT2D eigenvalue weighted by Gasteiger charge is -2.43. The van der Waals surface area contributed by atoms with Crippen LogP contribution in [0.25, 0.3) is 0 Å². The van der Waals surface area contributed by atoms with Crippen LogP contribution in [0, 0.1) is 5.92 Å². The van der Waals surface area contributed by atoms with Crippen LogP contribution in [0.15, 0.2) is 0 Å². The van der Waals surface area contributed by atoms with Gasteiger partial charge in [-0.25, -0.2) is 4.57 Å². The molecule has 6 N–H and O–H groups in total. The van der Waals surface area contributed by atoms with Gasteiger partial charge in [-0.3, -0.25) is 14.1 Å². The fourth-order valence-electron chi connectivity index (χ4n) is 8.70. The number of hydrogen-bond donors (Lipinski definition) is 6. The summed E-state index contributed by atoms with van der Waals surface area (Å²) in [6.07, 6.45) is 30.3. The molecule has 0 radical (unpaired) electrons. The van der Waals surface area contributed by atoms with Gasteiger partial charge in [-0.1, -0.05) is 213 Å². The standard InChI is InChI=1S/C48H94NO11P/c1-4-7-10-13-16-18-19-20-21-22-24-26-29-32-35-40(34-31-28-25-15-12-9-6-3)37-44(53)59-47-45(48(54)58-42(39-50)46(47)60-61(55,56)57)49-43(52)38-41(51)36-33-30-27-23-17-14-11-8-5-2/h40-42,45-48,50-51,54H,4-39H2,1-3H3,(H,49,52)(H2,55,56,57)/t40-,41+,42+,45-,46+,47+,48-/m0/s1. The number of phosphoric ester groups is 1. The van der Waals surface area contributed by atoms with E-state index in [1.54, 1.807) is 0 Å². The maximum absolute atomic E-state index is 13.7. The average Bonchev–Trinajstić information content (AvgIpc) is 3.21. The molecule has 1 aliphatic heterocycles. The van der Waals surface area contributed by atoms with Crippen molar-refractivity contribution in [2.45, 2.75) is 282 Å². The predicted octanol–water partition coefficient (Wildman–Crippen LogP) is 11.3. The molecule has 0 aromatic heterocycles. The van der Waals surface area contributed by atoms with E-state index in [4.69, 9.17) is 14.0 Å². The number of hydrogen-bond acceptors (Lipinski definition) is 9. The Morgan fingerprint density at radius 2 is 0.967 bits per heavy atom. The highest BCUT2D eigenvalue weighted by atomic mass is 31.2. The number of phosphoric acid groups is 1. The molecule has 12 nitrogen and oxygen atoms in total. The second kappa shape index (κ2) is 38.2. The number of esters is 1. The van der Waals surface area contributed by atoms with E-state index in [1.807, 2.05) is 0 Å². The first-order chi connectivity index (χ1) is 29.4. The Hall–Kier alpha value is -1.11. The largest absolute Gasteiger partial charge is 0.470 e. The fraction of sp³-hybridized carbons (Fsp3) is 0.958. The minimum absolute atomic E-state index is 0.0317. The molecule has 0 unspecified atom stereocenters. The highest BCUT2D eigenvalue weighted by Gasteiger charge is 2.51. The van der Waals surface area contributed by atoms with Crippen molar-refractivity contribution in [1.29, 1.82) is 0 Å². The van der Waals surface area contributed by atoms with Gasteiger partial charge in [0.25, 0.3) is 0 Å². The number of aliphatic hydroxyl groups is 3. The van der Waals surface area contributed by atoms with Crippen molar-refractivity contribution < 1.29 is 53.3 Å². The summed E-state index contributed by atoms with van der Waals surface area (Å²) in [5, 5.41) is 34.3. The molecule has 7 atom stereocenters. The van der Waals surface area contributed by atoms with Crippen LogP contribution in [0.2, 0.25) is 0 Å². The number of ether oxygens (including phenoxy) is 2. The molecule has 0 aliphatic carbocycles. The van der Waals surface area contributed by atoms with Crippen molar-refractivity contribution in [3.63, 3.8) is 0 Å². The van der Waals surface area contributed by atoms with Crippen molar-refractivity contribution in [2.24, 2.45) is 5.92 Å². The lowest BCUT2D eigenvalue weighted by molar-refractivity contribution is -0.256. The third kappa shape index (κ3) is 31.4. The van der Waals surface area contributed by atoms with Gasteiger partial charge in [-0.15, -0.1) is 0 Å². The third-order valence-corrected chi connectivity index (χ3v) is 12.9. The quantitative estimate of drug-likeness (QED) is 0.0194. The van der Waals surface area contributed by atoms with Gasteiger partial charge in [0.15, 0.2) is 12.4 Å². The van der Waals surface area contributed by atoms with E-state index in [-0.39, 0.29) is 18.8 Å². The number of carbonyl (C=O) groups excluding carboxylic acids is 2. The first kappa shape index (κ1) is 57.9. The molecule has 0 spiro atoms. The van der Waals surface area contributed by atoms with Gasteiger partial charge in [-0.05, 0) is 25.2 Å². The Morgan fingerprint density at radius 1 is 0.590 bits per heavy atom. The molecule has 1 rings (SSSR count). The van der Waals surface area contributed by atoms with Gasteiger partial charge < -0.3 is 39.9 Å². The van der Waals surface area contributed by atoms with E-state index < -0.39 is 63.1 Å². The summed E-state index contributed by atoms with van der Waals surface area (Å²) < 4.78 is 28.5. The molecule has 1 amide bonds. The second-order valence-electron chi connectivity index (χ2n) is 18.2. The Kier molecular flexibility index (Phi) is 36.3. The molecule has 1 heterocycles. The Morgan fingerprint density at radius 3 is 1.34 bits per heavy atom. The molecular formula is C48H94NO11P. The van der Waals surface area contributed by atoms with Gasteiger partial charge in [0.1, 0.15) is 18.2 Å². The van der Waals surface area contributed by atoms with Gasteiger partial charge >= 0.3 is 13.8 Å². The van der Waals surface area contributed by atoms with Crippen LogP contribution < -0.4 is 5.32 Å². The van der Waals surface area contributed by atoms with Crippen LogP contribution >= 0.6 is 7.82 Å². The van der Waals surface area contributed by atoms with Gasteiger partial charge in [0.2, 0.25) is 5.91 Å². The number of nitrogens with one attached hydrogen (secondary N) is 1. The fourth-order valence-corrected chi connectivity index (χ4v) is 9.27. The van der Waals surface area contributed by atoms with E-state index in [0.29, 0.717) is 6.42 Å². The van der Waals surface area contributed by atoms with Crippen molar-refractivity contribution in [1.82, 2.24) is 5.32 Å². The molecule has 61 heavy (non-hydrogen) atoms. The van der Waals surface area contributed by atoms with Crippen LogP contribution in [0.3, 0.4) is 0 Å². The van der Waals surface area contributed by atoms with Crippen LogP contribution in [-0.4, -0.2) is 80.3 Å². The van der Waals surface area contributed by atoms with Gasteiger partial charge in [-0.2, -0.15) is 0 Å².